The molecule has 24 heavy (non-hydrogen) atoms. The number of aliphatic hydroxyl groups excluding tert-OH is 1. The van der Waals surface area contributed by atoms with Gasteiger partial charge < -0.3 is 14.7 Å². The SMILES string of the molecule is COc1cnc(C(=O)N2CCCCC2C2CC(C)CCC2O)nc1. The molecule has 1 saturated carbocycles. The van der Waals surface area contributed by atoms with Gasteiger partial charge in [0.1, 0.15) is 0 Å². The third-order valence-electron chi connectivity index (χ3n) is 5.48. The Labute approximate surface area is 143 Å². The molecule has 132 valence electrons. The van der Waals surface area contributed by atoms with E-state index in [2.05, 4.69) is 16.9 Å². The van der Waals surface area contributed by atoms with Crippen LogP contribution in [0.1, 0.15) is 56.1 Å². The van der Waals surface area contributed by atoms with E-state index in [4.69, 9.17) is 4.74 Å². The highest BCUT2D eigenvalue weighted by Crippen LogP contribution is 2.36. The van der Waals surface area contributed by atoms with Crippen LogP contribution in [-0.2, 0) is 0 Å². The highest BCUT2D eigenvalue weighted by Gasteiger charge is 2.39. The number of amides is 1. The van der Waals surface area contributed by atoms with E-state index in [-0.39, 0.29) is 29.8 Å². The zero-order valence-corrected chi connectivity index (χ0v) is 14.5. The van der Waals surface area contributed by atoms with Crippen LogP contribution in [0.15, 0.2) is 12.4 Å². The molecule has 1 N–H and O–H groups in total. The van der Waals surface area contributed by atoms with E-state index in [1.165, 1.54) is 12.4 Å². The number of aliphatic hydroxyl groups is 1. The number of carbonyl (C=O) groups excluding carboxylic acids is 1. The lowest BCUT2D eigenvalue weighted by molar-refractivity contribution is -0.0125. The molecule has 3 rings (SSSR count). The lowest BCUT2D eigenvalue weighted by Crippen LogP contribution is -2.52. The van der Waals surface area contributed by atoms with Crippen molar-refractivity contribution in [3.05, 3.63) is 18.2 Å². The highest BCUT2D eigenvalue weighted by molar-refractivity contribution is 5.90. The van der Waals surface area contributed by atoms with E-state index < -0.39 is 0 Å². The zero-order chi connectivity index (χ0) is 17.1. The molecule has 4 unspecified atom stereocenters. The Bertz CT molecular complexity index is 563. The summed E-state index contributed by atoms with van der Waals surface area (Å²) in [6, 6.07) is 0.0923. The summed E-state index contributed by atoms with van der Waals surface area (Å²) in [5.41, 5.74) is 0. The second-order valence-corrected chi connectivity index (χ2v) is 7.16. The van der Waals surface area contributed by atoms with E-state index in [1.54, 1.807) is 7.11 Å². The average molecular weight is 333 g/mol. The number of carbonyl (C=O) groups is 1. The van der Waals surface area contributed by atoms with Gasteiger partial charge >= 0.3 is 0 Å². The fourth-order valence-electron chi connectivity index (χ4n) is 4.14. The summed E-state index contributed by atoms with van der Waals surface area (Å²) < 4.78 is 5.05. The van der Waals surface area contributed by atoms with E-state index in [1.807, 2.05) is 4.90 Å². The van der Waals surface area contributed by atoms with Gasteiger partial charge in [0.05, 0.1) is 25.6 Å². The van der Waals surface area contributed by atoms with Gasteiger partial charge in [-0.1, -0.05) is 6.92 Å². The number of hydrogen-bond acceptors (Lipinski definition) is 5. The Morgan fingerprint density at radius 1 is 1.25 bits per heavy atom. The molecule has 1 aliphatic heterocycles. The average Bonchev–Trinajstić information content (AvgIpc) is 2.63. The number of ether oxygens (including phenoxy) is 1. The van der Waals surface area contributed by atoms with Gasteiger partial charge in [-0.05, 0) is 44.4 Å². The molecule has 1 aromatic heterocycles. The first-order chi connectivity index (χ1) is 11.6. The van der Waals surface area contributed by atoms with Gasteiger partial charge in [0.2, 0.25) is 5.82 Å². The molecule has 2 fully saturated rings. The maximum absolute atomic E-state index is 12.9. The van der Waals surface area contributed by atoms with Crippen molar-refractivity contribution in [3.8, 4) is 5.75 Å². The molecule has 6 nitrogen and oxygen atoms in total. The van der Waals surface area contributed by atoms with E-state index in [9.17, 15) is 9.90 Å². The smallest absolute Gasteiger partial charge is 0.291 e. The Hall–Kier alpha value is -1.69. The van der Waals surface area contributed by atoms with Crippen LogP contribution in [0.25, 0.3) is 0 Å². The normalized spacial score (nSPS) is 30.9. The maximum atomic E-state index is 12.9. The zero-order valence-electron chi connectivity index (χ0n) is 14.5. The quantitative estimate of drug-likeness (QED) is 0.918. The van der Waals surface area contributed by atoms with E-state index in [0.717, 1.165) is 45.1 Å². The minimum Gasteiger partial charge on any atom is -0.494 e. The molecule has 1 saturated heterocycles. The van der Waals surface area contributed by atoms with Crippen molar-refractivity contribution in [2.45, 2.75) is 57.6 Å². The minimum absolute atomic E-state index is 0.0923. The van der Waals surface area contributed by atoms with Crippen LogP contribution in [0.4, 0.5) is 0 Å². The van der Waals surface area contributed by atoms with Gasteiger partial charge in [-0.25, -0.2) is 9.97 Å². The number of nitrogens with zero attached hydrogens (tertiary/aromatic N) is 3. The monoisotopic (exact) mass is 333 g/mol. The van der Waals surface area contributed by atoms with Gasteiger partial charge in [-0.15, -0.1) is 0 Å². The Morgan fingerprint density at radius 2 is 2.00 bits per heavy atom. The van der Waals surface area contributed by atoms with Gasteiger partial charge in [0.15, 0.2) is 5.75 Å². The molecule has 0 aromatic carbocycles. The van der Waals surface area contributed by atoms with Crippen LogP contribution in [0.3, 0.4) is 0 Å². The van der Waals surface area contributed by atoms with Gasteiger partial charge in [0, 0.05) is 18.5 Å². The molecular weight excluding hydrogens is 306 g/mol. The van der Waals surface area contributed by atoms with Crippen molar-refractivity contribution < 1.29 is 14.6 Å². The molecule has 0 radical (unpaired) electrons. The van der Waals surface area contributed by atoms with Gasteiger partial charge in [-0.3, -0.25) is 4.79 Å². The van der Waals surface area contributed by atoms with Crippen molar-refractivity contribution >= 4 is 5.91 Å². The minimum atomic E-state index is -0.309. The van der Waals surface area contributed by atoms with Crippen molar-refractivity contribution in [2.75, 3.05) is 13.7 Å². The van der Waals surface area contributed by atoms with Crippen molar-refractivity contribution in [1.29, 1.82) is 0 Å². The van der Waals surface area contributed by atoms with Gasteiger partial charge in [0.25, 0.3) is 5.91 Å². The molecule has 4 atom stereocenters. The Morgan fingerprint density at radius 3 is 2.71 bits per heavy atom. The fraction of sp³-hybridized carbons (Fsp3) is 0.722. The van der Waals surface area contributed by atoms with E-state index >= 15 is 0 Å². The second-order valence-electron chi connectivity index (χ2n) is 7.16. The molecule has 0 spiro atoms. The standard InChI is InChI=1S/C18H27N3O3/c1-12-6-7-16(22)14(9-12)15-5-3-4-8-21(15)18(23)17-19-10-13(24-2)11-20-17/h10-12,14-16,22H,3-9H2,1-2H3. The summed E-state index contributed by atoms with van der Waals surface area (Å²) in [4.78, 5) is 23.1. The number of likely N-dealkylation sites (tertiary alicyclic amines) is 1. The van der Waals surface area contributed by atoms with Crippen LogP contribution < -0.4 is 4.74 Å². The number of piperidine rings is 1. The summed E-state index contributed by atoms with van der Waals surface area (Å²) >= 11 is 0. The first kappa shape index (κ1) is 17.1. The first-order valence-corrected chi connectivity index (χ1v) is 8.95. The highest BCUT2D eigenvalue weighted by atomic mass is 16.5. The topological polar surface area (TPSA) is 75.5 Å². The molecular formula is C18H27N3O3. The number of aromatic nitrogens is 2. The van der Waals surface area contributed by atoms with Gasteiger partial charge in [-0.2, -0.15) is 0 Å². The van der Waals surface area contributed by atoms with Crippen LogP contribution in [0.2, 0.25) is 0 Å². The lowest BCUT2D eigenvalue weighted by atomic mass is 9.74. The van der Waals surface area contributed by atoms with Crippen LogP contribution in [-0.4, -0.2) is 51.7 Å². The number of hydrogen-bond donors (Lipinski definition) is 1. The first-order valence-electron chi connectivity index (χ1n) is 8.95. The largest absolute Gasteiger partial charge is 0.494 e. The third kappa shape index (κ3) is 3.53. The summed E-state index contributed by atoms with van der Waals surface area (Å²) in [5.74, 6) is 1.39. The van der Waals surface area contributed by atoms with E-state index in [0.29, 0.717) is 11.7 Å². The summed E-state index contributed by atoms with van der Waals surface area (Å²) in [6.45, 7) is 2.96. The Balaban J connectivity index is 1.79. The fourth-order valence-corrected chi connectivity index (χ4v) is 4.14. The Kier molecular flexibility index (Phi) is 5.33. The second kappa shape index (κ2) is 7.47. The summed E-state index contributed by atoms with van der Waals surface area (Å²) in [7, 11) is 1.55. The molecule has 2 aliphatic rings. The molecule has 6 heteroatoms. The van der Waals surface area contributed by atoms with Crippen molar-refractivity contribution in [3.63, 3.8) is 0 Å². The summed E-state index contributed by atoms with van der Waals surface area (Å²) in [5, 5.41) is 10.5. The predicted molar refractivity (Wildman–Crippen MR) is 89.8 cm³/mol. The van der Waals surface area contributed by atoms with Crippen molar-refractivity contribution in [2.24, 2.45) is 11.8 Å². The molecule has 1 amide bonds. The van der Waals surface area contributed by atoms with Crippen LogP contribution in [0.5, 0.6) is 5.75 Å². The number of rotatable bonds is 3. The van der Waals surface area contributed by atoms with Crippen LogP contribution in [0, 0.1) is 11.8 Å². The summed E-state index contributed by atoms with van der Waals surface area (Å²) in [6.07, 6.45) is 8.69. The maximum Gasteiger partial charge on any atom is 0.291 e. The predicted octanol–water partition coefficient (Wildman–Crippen LogP) is 2.28. The lowest BCUT2D eigenvalue weighted by Gasteiger charge is -2.44. The number of methoxy groups -OCH3 is 1. The molecule has 0 bridgehead atoms. The molecule has 1 aliphatic carbocycles. The molecule has 1 aromatic rings. The third-order valence-corrected chi connectivity index (χ3v) is 5.48. The molecule has 2 heterocycles. The van der Waals surface area contributed by atoms with Crippen LogP contribution >= 0.6 is 0 Å². The van der Waals surface area contributed by atoms with Crippen molar-refractivity contribution in [1.82, 2.24) is 14.9 Å².